The number of anilines is 1. The molecule has 1 saturated heterocycles. The van der Waals surface area contributed by atoms with E-state index >= 15 is 0 Å². The van der Waals surface area contributed by atoms with Gasteiger partial charge in [-0.05, 0) is 85.4 Å². The number of hydrogen-bond donors (Lipinski definition) is 2. The fourth-order valence-electron chi connectivity index (χ4n) is 4.37. The summed E-state index contributed by atoms with van der Waals surface area (Å²) in [6.45, 7) is 2.05. The summed E-state index contributed by atoms with van der Waals surface area (Å²) in [5.74, 6) is -0.961. The highest BCUT2D eigenvalue weighted by Gasteiger charge is 2.42. The Labute approximate surface area is 211 Å². The highest BCUT2D eigenvalue weighted by molar-refractivity contribution is 9.10. The van der Waals surface area contributed by atoms with E-state index in [4.69, 9.17) is 12.2 Å². The fourth-order valence-corrected chi connectivity index (χ4v) is 4.96. The molecule has 1 aliphatic heterocycles. The Morgan fingerprint density at radius 3 is 2.65 bits per heavy atom. The number of aryl methyl sites for hydroxylation is 1. The molecule has 2 N–H and O–H groups in total. The van der Waals surface area contributed by atoms with Gasteiger partial charge in [0.2, 0.25) is 0 Å². The van der Waals surface area contributed by atoms with E-state index in [1.165, 1.54) is 0 Å². The first-order chi connectivity index (χ1) is 16.4. The van der Waals surface area contributed by atoms with E-state index in [1.807, 2.05) is 66.2 Å². The summed E-state index contributed by atoms with van der Waals surface area (Å²) in [5, 5.41) is 13.6. The van der Waals surface area contributed by atoms with Crippen molar-refractivity contribution in [3.63, 3.8) is 0 Å². The van der Waals surface area contributed by atoms with E-state index in [9.17, 15) is 9.90 Å². The van der Waals surface area contributed by atoms with Gasteiger partial charge in [-0.1, -0.05) is 28.1 Å². The second kappa shape index (κ2) is 9.04. The summed E-state index contributed by atoms with van der Waals surface area (Å²) in [7, 11) is 0. The highest BCUT2D eigenvalue weighted by atomic mass is 79.9. The molecule has 1 aliphatic rings. The van der Waals surface area contributed by atoms with Crippen molar-refractivity contribution in [1.82, 2.24) is 14.9 Å². The standard InChI is InChI=1S/C26H21BrN4O2S/c1-16-14-19(10-11-20(16)27)31-24(23(29-26(31)34)21-8-2-3-12-28-21)22-9-5-13-30(22)18-7-4-6-17(15-18)25(32)33/h2-15,23-24H,1H3,(H,29,34)(H,32,33)/t23-,24+/m0/s1. The van der Waals surface area contributed by atoms with Crippen molar-refractivity contribution in [2.45, 2.75) is 19.0 Å². The summed E-state index contributed by atoms with van der Waals surface area (Å²) in [4.78, 5) is 18.3. The number of benzene rings is 2. The van der Waals surface area contributed by atoms with Gasteiger partial charge < -0.3 is 19.9 Å². The largest absolute Gasteiger partial charge is 0.478 e. The van der Waals surface area contributed by atoms with Crippen LogP contribution in [-0.2, 0) is 0 Å². The van der Waals surface area contributed by atoms with Crippen LogP contribution in [0.25, 0.3) is 5.69 Å². The van der Waals surface area contributed by atoms with Crippen molar-refractivity contribution in [1.29, 1.82) is 0 Å². The zero-order chi connectivity index (χ0) is 23.8. The Morgan fingerprint density at radius 1 is 1.06 bits per heavy atom. The minimum atomic E-state index is -0.961. The molecular formula is C26H21BrN4O2S. The molecule has 0 radical (unpaired) electrons. The molecule has 3 heterocycles. The Balaban J connectivity index is 1.67. The third kappa shape index (κ3) is 3.99. The number of rotatable bonds is 5. The minimum Gasteiger partial charge on any atom is -0.478 e. The van der Waals surface area contributed by atoms with Gasteiger partial charge >= 0.3 is 5.97 Å². The van der Waals surface area contributed by atoms with Crippen molar-refractivity contribution in [2.75, 3.05) is 4.90 Å². The fraction of sp³-hybridized carbons (Fsp3) is 0.115. The maximum atomic E-state index is 11.6. The first kappa shape index (κ1) is 22.3. The maximum Gasteiger partial charge on any atom is 0.335 e. The first-order valence-electron chi connectivity index (χ1n) is 10.7. The van der Waals surface area contributed by atoms with Crippen LogP contribution in [-0.4, -0.2) is 25.7 Å². The first-order valence-corrected chi connectivity index (χ1v) is 11.9. The SMILES string of the molecule is Cc1cc(N2C(=S)N[C@@H](c3ccccn3)[C@H]2c2cccn2-c2cccc(C(=O)O)c2)ccc1Br. The van der Waals surface area contributed by atoms with Gasteiger partial charge in [0, 0.05) is 33.9 Å². The lowest BCUT2D eigenvalue weighted by Gasteiger charge is -2.29. The third-order valence-electron chi connectivity index (χ3n) is 5.97. The second-order valence-corrected chi connectivity index (χ2v) is 9.33. The summed E-state index contributed by atoms with van der Waals surface area (Å²) in [6, 6.07) is 22.5. The van der Waals surface area contributed by atoms with Crippen LogP contribution in [0.2, 0.25) is 0 Å². The molecule has 5 rings (SSSR count). The molecule has 2 atom stereocenters. The topological polar surface area (TPSA) is 70.4 Å². The predicted octanol–water partition coefficient (Wildman–Crippen LogP) is 5.82. The third-order valence-corrected chi connectivity index (χ3v) is 7.18. The minimum absolute atomic E-state index is 0.200. The van der Waals surface area contributed by atoms with E-state index < -0.39 is 5.97 Å². The Morgan fingerprint density at radius 2 is 1.91 bits per heavy atom. The van der Waals surface area contributed by atoms with E-state index in [1.54, 1.807) is 24.4 Å². The van der Waals surface area contributed by atoms with E-state index in [-0.39, 0.29) is 17.6 Å². The molecule has 1 fully saturated rings. The Kier molecular flexibility index (Phi) is 5.93. The van der Waals surface area contributed by atoms with Crippen LogP contribution in [0.3, 0.4) is 0 Å². The summed E-state index contributed by atoms with van der Waals surface area (Å²) >= 11 is 9.42. The Bertz CT molecular complexity index is 1390. The normalized spacial score (nSPS) is 17.6. The molecule has 0 amide bonds. The molecular weight excluding hydrogens is 512 g/mol. The van der Waals surface area contributed by atoms with Crippen LogP contribution < -0.4 is 10.2 Å². The number of halogens is 1. The molecule has 34 heavy (non-hydrogen) atoms. The molecule has 170 valence electrons. The second-order valence-electron chi connectivity index (χ2n) is 8.09. The molecule has 0 aliphatic carbocycles. The smallest absolute Gasteiger partial charge is 0.335 e. The van der Waals surface area contributed by atoms with Crippen LogP contribution >= 0.6 is 28.1 Å². The lowest BCUT2D eigenvalue weighted by atomic mass is 10.0. The van der Waals surface area contributed by atoms with Crippen LogP contribution in [0.15, 0.2) is 89.7 Å². The number of carboxylic acid groups (broad SMARTS) is 1. The number of aromatic nitrogens is 2. The summed E-state index contributed by atoms with van der Waals surface area (Å²) in [6.07, 6.45) is 3.72. The molecule has 6 nitrogen and oxygen atoms in total. The molecule has 0 bridgehead atoms. The van der Waals surface area contributed by atoms with Crippen molar-refractivity contribution < 1.29 is 9.90 Å². The summed E-state index contributed by atoms with van der Waals surface area (Å²) < 4.78 is 3.04. The van der Waals surface area contributed by atoms with Crippen molar-refractivity contribution in [2.24, 2.45) is 0 Å². The monoisotopic (exact) mass is 532 g/mol. The van der Waals surface area contributed by atoms with Gasteiger partial charge in [-0.3, -0.25) is 4.98 Å². The van der Waals surface area contributed by atoms with Crippen molar-refractivity contribution in [3.8, 4) is 5.69 Å². The van der Waals surface area contributed by atoms with Gasteiger partial charge in [0.25, 0.3) is 0 Å². The number of hydrogen-bond acceptors (Lipinski definition) is 3. The number of carboxylic acids is 1. The van der Waals surface area contributed by atoms with Gasteiger partial charge in [0.1, 0.15) is 6.04 Å². The highest BCUT2D eigenvalue weighted by Crippen LogP contribution is 2.42. The quantitative estimate of drug-likeness (QED) is 0.315. The number of thiocarbonyl (C=S) groups is 1. The maximum absolute atomic E-state index is 11.6. The number of pyridine rings is 1. The van der Waals surface area contributed by atoms with Gasteiger partial charge in [-0.2, -0.15) is 0 Å². The van der Waals surface area contributed by atoms with Gasteiger partial charge in [0.05, 0.1) is 17.3 Å². The molecule has 0 saturated carbocycles. The lowest BCUT2D eigenvalue weighted by Crippen LogP contribution is -2.30. The lowest BCUT2D eigenvalue weighted by molar-refractivity contribution is 0.0697. The molecule has 2 aromatic heterocycles. The molecule has 4 aromatic rings. The molecule has 0 spiro atoms. The van der Waals surface area contributed by atoms with Gasteiger partial charge in [-0.15, -0.1) is 0 Å². The number of carbonyl (C=O) groups is 1. The predicted molar refractivity (Wildman–Crippen MR) is 140 cm³/mol. The number of nitrogens with one attached hydrogen (secondary N) is 1. The van der Waals surface area contributed by atoms with E-state index in [2.05, 4.69) is 37.2 Å². The molecule has 2 aromatic carbocycles. The van der Waals surface area contributed by atoms with Crippen LogP contribution in [0.5, 0.6) is 0 Å². The van der Waals surface area contributed by atoms with Gasteiger partial charge in [0.15, 0.2) is 5.11 Å². The average molecular weight is 533 g/mol. The number of nitrogens with zero attached hydrogens (tertiary/aromatic N) is 3. The zero-order valence-corrected chi connectivity index (χ0v) is 20.6. The zero-order valence-electron chi connectivity index (χ0n) is 18.2. The average Bonchev–Trinajstić information content (AvgIpc) is 3.46. The molecule has 0 unspecified atom stereocenters. The van der Waals surface area contributed by atoms with Crippen molar-refractivity contribution in [3.05, 3.63) is 112 Å². The van der Waals surface area contributed by atoms with E-state index in [0.717, 1.165) is 32.8 Å². The summed E-state index contributed by atoms with van der Waals surface area (Å²) in [5.41, 5.74) is 4.91. The molecule has 8 heteroatoms. The van der Waals surface area contributed by atoms with Crippen LogP contribution in [0, 0.1) is 6.92 Å². The van der Waals surface area contributed by atoms with Crippen molar-refractivity contribution >= 4 is 44.9 Å². The van der Waals surface area contributed by atoms with E-state index in [0.29, 0.717) is 5.11 Å². The Hall–Kier alpha value is -3.49. The van der Waals surface area contributed by atoms with Crippen LogP contribution in [0.4, 0.5) is 5.69 Å². The van der Waals surface area contributed by atoms with Crippen LogP contribution in [0.1, 0.15) is 39.4 Å². The number of aromatic carboxylic acids is 1. The van der Waals surface area contributed by atoms with Gasteiger partial charge in [-0.25, -0.2) is 4.79 Å².